The number of ether oxygens (including phenoxy) is 2. The highest BCUT2D eigenvalue weighted by atomic mass is 16.7. The molecule has 1 aromatic carbocycles. The van der Waals surface area contributed by atoms with Gasteiger partial charge in [-0.15, -0.1) is 0 Å². The number of rotatable bonds is 6. The van der Waals surface area contributed by atoms with Crippen molar-refractivity contribution in [2.75, 3.05) is 6.61 Å². The number of benzene rings is 1. The third-order valence-corrected chi connectivity index (χ3v) is 3.41. The molecular weight excluding hydrogens is 244 g/mol. The van der Waals surface area contributed by atoms with Gasteiger partial charge in [-0.2, -0.15) is 0 Å². The van der Waals surface area contributed by atoms with Gasteiger partial charge in [-0.05, 0) is 32.8 Å². The van der Waals surface area contributed by atoms with Gasteiger partial charge in [0.25, 0.3) is 0 Å². The van der Waals surface area contributed by atoms with Crippen molar-refractivity contribution in [3.8, 4) is 0 Å². The molecule has 0 aromatic heterocycles. The van der Waals surface area contributed by atoms with Crippen LogP contribution >= 0.6 is 0 Å². The molecule has 4 nitrogen and oxygen atoms in total. The molecule has 0 heterocycles. The van der Waals surface area contributed by atoms with E-state index in [1.54, 1.807) is 13.8 Å². The molecule has 1 unspecified atom stereocenters. The van der Waals surface area contributed by atoms with Gasteiger partial charge in [0, 0.05) is 6.61 Å². The minimum absolute atomic E-state index is 0.539. The number of carbonyl (C=O) groups is 1. The average Bonchev–Trinajstić information content (AvgIpc) is 2.35. The Morgan fingerprint density at radius 3 is 2.26 bits per heavy atom. The van der Waals surface area contributed by atoms with E-state index in [0.29, 0.717) is 6.61 Å². The zero-order chi connectivity index (χ0) is 14.5. The van der Waals surface area contributed by atoms with Gasteiger partial charge in [-0.1, -0.05) is 37.3 Å². The van der Waals surface area contributed by atoms with E-state index in [4.69, 9.17) is 14.6 Å². The summed E-state index contributed by atoms with van der Waals surface area (Å²) in [4.78, 5) is 10.9. The van der Waals surface area contributed by atoms with E-state index in [0.717, 1.165) is 12.0 Å². The first-order valence-corrected chi connectivity index (χ1v) is 6.45. The van der Waals surface area contributed by atoms with E-state index in [1.165, 1.54) is 0 Å². The van der Waals surface area contributed by atoms with Crippen molar-refractivity contribution in [1.82, 2.24) is 0 Å². The van der Waals surface area contributed by atoms with Gasteiger partial charge < -0.3 is 14.6 Å². The van der Waals surface area contributed by atoms with Crippen LogP contribution < -0.4 is 0 Å². The van der Waals surface area contributed by atoms with E-state index >= 15 is 0 Å². The average molecular weight is 266 g/mol. The van der Waals surface area contributed by atoms with Crippen LogP contribution in [0.4, 0.5) is 4.79 Å². The molecule has 1 atom stereocenters. The van der Waals surface area contributed by atoms with Crippen LogP contribution in [0.2, 0.25) is 0 Å². The second kappa shape index (κ2) is 6.06. The summed E-state index contributed by atoms with van der Waals surface area (Å²) in [6.45, 7) is 7.86. The summed E-state index contributed by atoms with van der Waals surface area (Å²) in [6, 6.07) is 9.56. The van der Waals surface area contributed by atoms with Crippen LogP contribution in [0.5, 0.6) is 0 Å². The van der Waals surface area contributed by atoms with E-state index in [9.17, 15) is 4.79 Å². The molecule has 1 rings (SSSR count). The van der Waals surface area contributed by atoms with E-state index in [1.807, 2.05) is 44.2 Å². The van der Waals surface area contributed by atoms with Crippen LogP contribution in [0.15, 0.2) is 30.3 Å². The second-order valence-corrected chi connectivity index (χ2v) is 5.13. The fraction of sp³-hybridized carbons (Fsp3) is 0.533. The Morgan fingerprint density at radius 1 is 1.21 bits per heavy atom. The van der Waals surface area contributed by atoms with Crippen LogP contribution in [-0.2, 0) is 15.1 Å². The van der Waals surface area contributed by atoms with Crippen molar-refractivity contribution in [2.45, 2.75) is 45.3 Å². The van der Waals surface area contributed by atoms with Crippen LogP contribution in [0.1, 0.15) is 39.7 Å². The van der Waals surface area contributed by atoms with E-state index in [-0.39, 0.29) is 0 Å². The highest BCUT2D eigenvalue weighted by molar-refractivity contribution is 5.58. The lowest BCUT2D eigenvalue weighted by Crippen LogP contribution is -2.50. The zero-order valence-electron chi connectivity index (χ0n) is 12.0. The van der Waals surface area contributed by atoms with Crippen molar-refractivity contribution >= 4 is 6.16 Å². The van der Waals surface area contributed by atoms with Crippen LogP contribution in [0, 0.1) is 0 Å². The van der Waals surface area contributed by atoms with E-state index < -0.39 is 17.4 Å². The van der Waals surface area contributed by atoms with Crippen LogP contribution in [-0.4, -0.2) is 23.5 Å². The van der Waals surface area contributed by atoms with Crippen LogP contribution in [0.3, 0.4) is 0 Å². The summed E-state index contributed by atoms with van der Waals surface area (Å²) in [5.74, 6) is 0. The number of hydrogen-bond donors (Lipinski definition) is 1. The predicted octanol–water partition coefficient (Wildman–Crippen LogP) is 3.80. The maximum absolute atomic E-state index is 10.9. The molecule has 0 spiro atoms. The molecule has 0 saturated heterocycles. The molecule has 0 bridgehead atoms. The van der Waals surface area contributed by atoms with Crippen molar-refractivity contribution in [3.05, 3.63) is 35.9 Å². The summed E-state index contributed by atoms with van der Waals surface area (Å²) >= 11 is 0. The van der Waals surface area contributed by atoms with Gasteiger partial charge in [0.15, 0.2) is 0 Å². The van der Waals surface area contributed by atoms with Crippen molar-refractivity contribution < 1.29 is 19.4 Å². The van der Waals surface area contributed by atoms with Crippen LogP contribution in [0.25, 0.3) is 0 Å². The molecule has 1 aromatic rings. The summed E-state index contributed by atoms with van der Waals surface area (Å²) in [5, 5.41) is 8.91. The Morgan fingerprint density at radius 2 is 1.79 bits per heavy atom. The summed E-state index contributed by atoms with van der Waals surface area (Å²) in [6.07, 6.45) is -0.446. The molecule has 0 radical (unpaired) electrons. The Kier molecular flexibility index (Phi) is 4.95. The SMILES string of the molecule is CCCOC(C)(c1ccccc1)C(C)(C)OC(=O)O. The molecular formula is C15H22O4. The third-order valence-electron chi connectivity index (χ3n) is 3.41. The lowest BCUT2D eigenvalue weighted by atomic mass is 9.81. The number of hydrogen-bond acceptors (Lipinski definition) is 3. The predicted molar refractivity (Wildman–Crippen MR) is 73.2 cm³/mol. The molecule has 106 valence electrons. The molecule has 19 heavy (non-hydrogen) atoms. The molecule has 0 aliphatic carbocycles. The molecule has 1 N–H and O–H groups in total. The van der Waals surface area contributed by atoms with Crippen molar-refractivity contribution in [3.63, 3.8) is 0 Å². The largest absolute Gasteiger partial charge is 0.506 e. The maximum atomic E-state index is 10.9. The molecule has 0 aliphatic heterocycles. The summed E-state index contributed by atoms with van der Waals surface area (Å²) in [7, 11) is 0. The first-order chi connectivity index (χ1) is 8.83. The Hall–Kier alpha value is -1.55. The van der Waals surface area contributed by atoms with Gasteiger partial charge >= 0.3 is 6.16 Å². The second-order valence-electron chi connectivity index (χ2n) is 5.13. The van der Waals surface area contributed by atoms with Crippen molar-refractivity contribution in [2.24, 2.45) is 0 Å². The quantitative estimate of drug-likeness (QED) is 0.796. The van der Waals surface area contributed by atoms with Crippen molar-refractivity contribution in [1.29, 1.82) is 0 Å². The monoisotopic (exact) mass is 266 g/mol. The highest BCUT2D eigenvalue weighted by Gasteiger charge is 2.46. The Labute approximate surface area is 114 Å². The Bertz CT molecular complexity index is 413. The molecule has 0 aliphatic rings. The molecule has 0 amide bonds. The number of carboxylic acid groups (broad SMARTS) is 1. The first-order valence-electron chi connectivity index (χ1n) is 6.45. The Balaban J connectivity index is 3.15. The van der Waals surface area contributed by atoms with Gasteiger partial charge in [0.05, 0.1) is 0 Å². The smallest absolute Gasteiger partial charge is 0.450 e. The molecule has 0 saturated carbocycles. The van der Waals surface area contributed by atoms with Gasteiger partial charge in [-0.25, -0.2) is 4.79 Å². The maximum Gasteiger partial charge on any atom is 0.506 e. The lowest BCUT2D eigenvalue weighted by Gasteiger charge is -2.42. The topological polar surface area (TPSA) is 55.8 Å². The fourth-order valence-electron chi connectivity index (χ4n) is 1.98. The zero-order valence-corrected chi connectivity index (χ0v) is 12.0. The lowest BCUT2D eigenvalue weighted by molar-refractivity contribution is -0.172. The minimum atomic E-state index is -1.30. The third kappa shape index (κ3) is 3.47. The van der Waals surface area contributed by atoms with E-state index in [2.05, 4.69) is 0 Å². The fourth-order valence-corrected chi connectivity index (χ4v) is 1.98. The summed E-state index contributed by atoms with van der Waals surface area (Å²) < 4.78 is 11.0. The molecule has 4 heteroatoms. The minimum Gasteiger partial charge on any atom is -0.450 e. The standard InChI is InChI=1S/C15H22O4/c1-5-11-18-15(4,12-9-7-6-8-10-12)14(2,3)19-13(16)17/h6-10H,5,11H2,1-4H3,(H,16,17). The summed E-state index contributed by atoms with van der Waals surface area (Å²) in [5.41, 5.74) is -0.924. The van der Waals surface area contributed by atoms with Gasteiger partial charge in [0.1, 0.15) is 11.2 Å². The first kappa shape index (κ1) is 15.5. The highest BCUT2D eigenvalue weighted by Crippen LogP contribution is 2.39. The normalized spacial score (nSPS) is 14.7. The molecule has 0 fully saturated rings. The van der Waals surface area contributed by atoms with Gasteiger partial charge in [-0.3, -0.25) is 0 Å². The van der Waals surface area contributed by atoms with Gasteiger partial charge in [0.2, 0.25) is 0 Å².